The summed E-state index contributed by atoms with van der Waals surface area (Å²) in [6.07, 6.45) is 0. The van der Waals surface area contributed by atoms with Crippen LogP contribution in [0.3, 0.4) is 0 Å². The largest absolute Gasteiger partial charge is 0.208 e. The summed E-state index contributed by atoms with van der Waals surface area (Å²) in [5.74, 6) is 1.91. The summed E-state index contributed by atoms with van der Waals surface area (Å²) in [4.78, 5) is 14.8. The zero-order chi connectivity index (χ0) is 36.5. The number of rotatable bonds is 4. The van der Waals surface area contributed by atoms with E-state index < -0.39 is 5.41 Å². The minimum absolute atomic E-state index is 0.573. The molecule has 55 heavy (non-hydrogen) atoms. The molecule has 2 aliphatic rings. The number of nitrogens with zero attached hydrogens (tertiary/aromatic N) is 4. The third-order valence-corrected chi connectivity index (χ3v) is 11.4. The molecule has 1 unspecified atom stereocenters. The molecule has 1 spiro atoms. The van der Waals surface area contributed by atoms with Gasteiger partial charge in [0.05, 0.1) is 17.0 Å². The summed E-state index contributed by atoms with van der Waals surface area (Å²) < 4.78 is 0. The second-order valence-corrected chi connectivity index (χ2v) is 14.2. The van der Waals surface area contributed by atoms with E-state index in [0.717, 1.165) is 38.6 Å². The highest BCUT2D eigenvalue weighted by molar-refractivity contribution is 6.09. The van der Waals surface area contributed by atoms with Crippen molar-refractivity contribution >= 4 is 10.8 Å². The summed E-state index contributed by atoms with van der Waals surface area (Å²) >= 11 is 0. The first kappa shape index (κ1) is 31.1. The molecule has 1 heterocycles. The Morgan fingerprint density at radius 1 is 0.364 bits per heavy atom. The molecule has 0 fully saturated rings. The third kappa shape index (κ3) is 4.48. The molecule has 0 N–H and O–H groups in total. The number of benzene rings is 8. The van der Waals surface area contributed by atoms with Crippen molar-refractivity contribution < 1.29 is 0 Å². The van der Waals surface area contributed by atoms with Gasteiger partial charge >= 0.3 is 0 Å². The Morgan fingerprint density at radius 3 is 1.42 bits per heavy atom. The topological polar surface area (TPSA) is 62.5 Å². The number of hydrogen-bond donors (Lipinski definition) is 0. The van der Waals surface area contributed by atoms with Crippen molar-refractivity contribution in [1.82, 2.24) is 15.0 Å². The van der Waals surface area contributed by atoms with Gasteiger partial charge in [0.15, 0.2) is 17.5 Å². The predicted molar refractivity (Wildman–Crippen MR) is 220 cm³/mol. The molecule has 4 heteroatoms. The Kier molecular flexibility index (Phi) is 6.80. The molecule has 9 aromatic rings. The highest BCUT2D eigenvalue weighted by Crippen LogP contribution is 2.65. The fourth-order valence-corrected chi connectivity index (χ4v) is 9.11. The second-order valence-electron chi connectivity index (χ2n) is 14.2. The minimum Gasteiger partial charge on any atom is -0.208 e. The van der Waals surface area contributed by atoms with Crippen LogP contribution in [-0.2, 0) is 5.41 Å². The van der Waals surface area contributed by atoms with Crippen molar-refractivity contribution in [2.24, 2.45) is 0 Å². The monoisotopic (exact) mass is 698 g/mol. The fourth-order valence-electron chi connectivity index (χ4n) is 9.11. The van der Waals surface area contributed by atoms with Crippen molar-refractivity contribution in [2.75, 3.05) is 0 Å². The van der Waals surface area contributed by atoms with Crippen LogP contribution in [0.25, 0.3) is 78.3 Å². The van der Waals surface area contributed by atoms with Gasteiger partial charge in [-0.05, 0) is 67.1 Å². The number of hydrogen-bond acceptors (Lipinski definition) is 4. The van der Waals surface area contributed by atoms with Crippen LogP contribution in [0.2, 0.25) is 0 Å². The number of aromatic nitrogens is 3. The maximum atomic E-state index is 10.5. The van der Waals surface area contributed by atoms with Gasteiger partial charge < -0.3 is 0 Å². The molecular weight excluding hydrogens is 669 g/mol. The van der Waals surface area contributed by atoms with Gasteiger partial charge in [-0.25, -0.2) is 15.0 Å². The van der Waals surface area contributed by atoms with Gasteiger partial charge in [0.25, 0.3) is 0 Å². The lowest BCUT2D eigenvalue weighted by atomic mass is 9.70. The molecule has 4 nitrogen and oxygen atoms in total. The zero-order valence-electron chi connectivity index (χ0n) is 29.6. The van der Waals surface area contributed by atoms with E-state index in [1.165, 1.54) is 44.5 Å². The normalized spacial score (nSPS) is 14.6. The van der Waals surface area contributed by atoms with Crippen LogP contribution in [0.15, 0.2) is 182 Å². The van der Waals surface area contributed by atoms with Crippen molar-refractivity contribution in [3.8, 4) is 73.6 Å². The molecule has 0 amide bonds. The highest BCUT2D eigenvalue weighted by atomic mass is 15.0. The average molecular weight is 699 g/mol. The van der Waals surface area contributed by atoms with Crippen molar-refractivity contribution in [3.05, 3.63) is 210 Å². The van der Waals surface area contributed by atoms with E-state index in [2.05, 4.69) is 121 Å². The van der Waals surface area contributed by atoms with Gasteiger partial charge in [-0.2, -0.15) is 5.26 Å². The molecule has 0 saturated carbocycles. The first-order valence-corrected chi connectivity index (χ1v) is 18.5. The first-order chi connectivity index (χ1) is 27.2. The average Bonchev–Trinajstić information content (AvgIpc) is 3.74. The van der Waals surface area contributed by atoms with E-state index in [9.17, 15) is 5.26 Å². The Hall–Kier alpha value is -7.48. The van der Waals surface area contributed by atoms with Gasteiger partial charge in [-0.3, -0.25) is 0 Å². The lowest BCUT2D eigenvalue weighted by molar-refractivity contribution is 0.794. The summed E-state index contributed by atoms with van der Waals surface area (Å²) in [5, 5.41) is 12.6. The van der Waals surface area contributed by atoms with Gasteiger partial charge in [-0.1, -0.05) is 176 Å². The molecular formula is C51H30N4. The Morgan fingerprint density at radius 2 is 0.818 bits per heavy atom. The molecule has 0 saturated heterocycles. The van der Waals surface area contributed by atoms with Gasteiger partial charge in [0.1, 0.15) is 0 Å². The SMILES string of the molecule is N#Cc1cc2c(c3ccccc13)-c1ccccc1C21c2ccccc2-c2c(-c3ccc(-c4nc(-c5ccccc5)nc(-c5ccccc5)n4)cc3)cccc21. The lowest BCUT2D eigenvalue weighted by Gasteiger charge is -2.31. The van der Waals surface area contributed by atoms with Crippen molar-refractivity contribution in [2.45, 2.75) is 5.41 Å². The molecule has 1 aromatic heterocycles. The molecule has 8 aromatic carbocycles. The molecule has 1 atom stereocenters. The van der Waals surface area contributed by atoms with E-state index in [-0.39, 0.29) is 0 Å². The van der Waals surface area contributed by atoms with E-state index in [1.54, 1.807) is 0 Å². The first-order valence-electron chi connectivity index (χ1n) is 18.5. The highest BCUT2D eigenvalue weighted by Gasteiger charge is 2.52. The van der Waals surface area contributed by atoms with Crippen LogP contribution in [-0.4, -0.2) is 15.0 Å². The quantitative estimate of drug-likeness (QED) is 0.184. The molecule has 0 aliphatic heterocycles. The fraction of sp³-hybridized carbons (Fsp3) is 0.0196. The van der Waals surface area contributed by atoms with E-state index in [4.69, 9.17) is 15.0 Å². The number of nitriles is 1. The van der Waals surface area contributed by atoms with Gasteiger partial charge in [-0.15, -0.1) is 0 Å². The molecule has 11 rings (SSSR count). The third-order valence-electron chi connectivity index (χ3n) is 11.4. The maximum absolute atomic E-state index is 10.5. The molecule has 254 valence electrons. The maximum Gasteiger partial charge on any atom is 0.164 e. The van der Waals surface area contributed by atoms with E-state index in [1.807, 2.05) is 66.7 Å². The smallest absolute Gasteiger partial charge is 0.164 e. The van der Waals surface area contributed by atoms with E-state index >= 15 is 0 Å². The summed E-state index contributed by atoms with van der Waals surface area (Å²) in [6, 6.07) is 66.2. The Labute approximate surface area is 318 Å². The molecule has 0 bridgehead atoms. The van der Waals surface area contributed by atoms with Crippen LogP contribution in [0, 0.1) is 11.3 Å². The summed E-state index contributed by atoms with van der Waals surface area (Å²) in [6.45, 7) is 0. The lowest BCUT2D eigenvalue weighted by Crippen LogP contribution is -2.26. The van der Waals surface area contributed by atoms with Crippen LogP contribution in [0.4, 0.5) is 0 Å². The standard InChI is InChI=1S/C51H30N4/c52-31-36-30-45-47(39-19-8-7-18-37(36)39)41-21-10-12-24-43(41)51(45)42-23-11-9-20-40(42)46-38(22-13-25-44(46)51)32-26-28-35(29-27-32)50-54-48(33-14-3-1-4-15-33)53-49(55-50)34-16-5-2-6-17-34/h1-30H. The van der Waals surface area contributed by atoms with Crippen LogP contribution in [0.1, 0.15) is 27.8 Å². The summed E-state index contributed by atoms with van der Waals surface area (Å²) in [7, 11) is 0. The minimum atomic E-state index is -0.573. The summed E-state index contributed by atoms with van der Waals surface area (Å²) in [5.41, 5.74) is 15.0. The van der Waals surface area contributed by atoms with Crippen molar-refractivity contribution in [1.29, 1.82) is 5.26 Å². The number of fused-ring (bicyclic) bond motifs is 12. The Balaban J connectivity index is 1.10. The van der Waals surface area contributed by atoms with E-state index in [0.29, 0.717) is 23.0 Å². The zero-order valence-corrected chi connectivity index (χ0v) is 29.6. The second kappa shape index (κ2) is 12.0. The van der Waals surface area contributed by atoms with Crippen molar-refractivity contribution in [3.63, 3.8) is 0 Å². The van der Waals surface area contributed by atoms with Gasteiger partial charge in [0, 0.05) is 22.1 Å². The molecule has 2 aliphatic carbocycles. The predicted octanol–water partition coefficient (Wildman–Crippen LogP) is 11.9. The van der Waals surface area contributed by atoms with Crippen LogP contribution < -0.4 is 0 Å². The Bertz CT molecular complexity index is 2980. The van der Waals surface area contributed by atoms with Gasteiger partial charge in [0.2, 0.25) is 0 Å². The van der Waals surface area contributed by atoms with Crippen LogP contribution in [0.5, 0.6) is 0 Å². The molecule has 0 radical (unpaired) electrons. The van der Waals surface area contributed by atoms with Crippen LogP contribution >= 0.6 is 0 Å².